The van der Waals surface area contributed by atoms with E-state index in [9.17, 15) is 4.79 Å². The van der Waals surface area contributed by atoms with Gasteiger partial charge in [-0.15, -0.1) is 0 Å². The quantitative estimate of drug-likeness (QED) is 0.591. The number of halogens is 1. The van der Waals surface area contributed by atoms with Crippen LogP contribution in [0.5, 0.6) is 5.75 Å². The van der Waals surface area contributed by atoms with Gasteiger partial charge in [0, 0.05) is 5.56 Å². The Labute approximate surface area is 180 Å². The van der Waals surface area contributed by atoms with E-state index in [1.807, 2.05) is 31.2 Å². The average molecular weight is 426 g/mol. The van der Waals surface area contributed by atoms with Crippen molar-refractivity contribution in [3.05, 3.63) is 64.5 Å². The smallest absolute Gasteiger partial charge is 0.261 e. The first-order valence-electron chi connectivity index (χ1n) is 10.3. The Hall–Kier alpha value is -2.86. The fourth-order valence-electron chi connectivity index (χ4n) is 3.62. The second kappa shape index (κ2) is 9.30. The topological polar surface area (TPSA) is 77.2 Å². The summed E-state index contributed by atoms with van der Waals surface area (Å²) in [5.74, 6) is 1.22. The van der Waals surface area contributed by atoms with Gasteiger partial charge in [0.05, 0.1) is 11.6 Å². The third kappa shape index (κ3) is 4.65. The molecule has 0 fully saturated rings. The largest absolute Gasteiger partial charge is 0.481 e. The maximum atomic E-state index is 12.6. The maximum Gasteiger partial charge on any atom is 0.261 e. The summed E-state index contributed by atoms with van der Waals surface area (Å²) < 4.78 is 11.2. The van der Waals surface area contributed by atoms with E-state index < -0.39 is 6.10 Å². The van der Waals surface area contributed by atoms with E-state index >= 15 is 0 Å². The van der Waals surface area contributed by atoms with E-state index in [0.717, 1.165) is 18.6 Å². The Bertz CT molecular complexity index is 1030. The number of fused-ring (bicyclic) bond motifs is 1. The van der Waals surface area contributed by atoms with Crippen LogP contribution in [-0.4, -0.2) is 22.2 Å². The summed E-state index contributed by atoms with van der Waals surface area (Å²) in [4.78, 5) is 16.9. The molecule has 1 atom stereocenters. The lowest BCUT2D eigenvalue weighted by Crippen LogP contribution is -2.37. The molecule has 0 radical (unpaired) electrons. The van der Waals surface area contributed by atoms with E-state index in [1.165, 1.54) is 24.0 Å². The molecule has 4 rings (SSSR count). The van der Waals surface area contributed by atoms with Gasteiger partial charge in [-0.3, -0.25) is 4.79 Å². The lowest BCUT2D eigenvalue weighted by atomic mass is 9.92. The van der Waals surface area contributed by atoms with E-state index in [4.69, 9.17) is 20.9 Å². The Balaban J connectivity index is 1.36. The van der Waals surface area contributed by atoms with Crippen molar-refractivity contribution in [3.8, 4) is 17.1 Å². The summed E-state index contributed by atoms with van der Waals surface area (Å²) in [5.41, 5.74) is 3.39. The van der Waals surface area contributed by atoms with Crippen molar-refractivity contribution < 1.29 is 14.1 Å². The van der Waals surface area contributed by atoms with Crippen molar-refractivity contribution in [2.75, 3.05) is 0 Å². The average Bonchev–Trinajstić information content (AvgIpc) is 3.25. The Kier molecular flexibility index (Phi) is 6.33. The number of benzene rings is 2. The third-order valence-corrected chi connectivity index (χ3v) is 5.59. The molecular formula is C23H24ClN3O3. The van der Waals surface area contributed by atoms with Gasteiger partial charge in [-0.1, -0.05) is 41.9 Å². The van der Waals surface area contributed by atoms with Crippen molar-refractivity contribution in [1.29, 1.82) is 0 Å². The number of aromatic nitrogens is 2. The van der Waals surface area contributed by atoms with Gasteiger partial charge in [-0.2, -0.15) is 4.98 Å². The van der Waals surface area contributed by atoms with E-state index in [2.05, 4.69) is 27.6 Å². The highest BCUT2D eigenvalue weighted by Gasteiger charge is 2.20. The van der Waals surface area contributed by atoms with Crippen LogP contribution >= 0.6 is 11.6 Å². The van der Waals surface area contributed by atoms with Crippen LogP contribution in [0.2, 0.25) is 5.02 Å². The molecule has 2 aromatic carbocycles. The first-order chi connectivity index (χ1) is 14.6. The molecule has 7 heteroatoms. The second-order valence-electron chi connectivity index (χ2n) is 7.36. The van der Waals surface area contributed by atoms with Gasteiger partial charge in [-0.05, 0) is 67.5 Å². The molecule has 1 aromatic heterocycles. The van der Waals surface area contributed by atoms with Crippen LogP contribution in [0.1, 0.15) is 43.2 Å². The van der Waals surface area contributed by atoms with Crippen molar-refractivity contribution >= 4 is 17.5 Å². The van der Waals surface area contributed by atoms with Crippen LogP contribution in [0.4, 0.5) is 0 Å². The van der Waals surface area contributed by atoms with Crippen molar-refractivity contribution in [2.45, 2.75) is 51.7 Å². The highest BCUT2D eigenvalue weighted by atomic mass is 35.5. The second-order valence-corrected chi connectivity index (χ2v) is 7.77. The molecule has 0 saturated heterocycles. The van der Waals surface area contributed by atoms with Gasteiger partial charge in [0.25, 0.3) is 5.91 Å². The van der Waals surface area contributed by atoms with Crippen molar-refractivity contribution in [2.24, 2.45) is 0 Å². The summed E-state index contributed by atoms with van der Waals surface area (Å²) in [6, 6.07) is 13.4. The number of aryl methyl sites for hydroxylation is 2. The minimum atomic E-state index is -0.586. The zero-order valence-corrected chi connectivity index (χ0v) is 17.6. The summed E-state index contributed by atoms with van der Waals surface area (Å²) in [5, 5.41) is 7.30. The zero-order valence-electron chi connectivity index (χ0n) is 16.9. The normalized spacial score (nSPS) is 14.1. The van der Waals surface area contributed by atoms with Crippen molar-refractivity contribution in [3.63, 3.8) is 0 Å². The van der Waals surface area contributed by atoms with E-state index in [1.54, 1.807) is 6.07 Å². The molecule has 3 aromatic rings. The molecule has 0 spiro atoms. The maximum absolute atomic E-state index is 12.6. The predicted molar refractivity (Wildman–Crippen MR) is 114 cm³/mol. The molecule has 30 heavy (non-hydrogen) atoms. The molecule has 156 valence electrons. The van der Waals surface area contributed by atoms with E-state index in [0.29, 0.717) is 28.7 Å². The fourth-order valence-corrected chi connectivity index (χ4v) is 3.85. The van der Waals surface area contributed by atoms with Crippen LogP contribution in [0.25, 0.3) is 11.4 Å². The Morgan fingerprint density at radius 2 is 2.00 bits per heavy atom. The zero-order chi connectivity index (χ0) is 20.9. The highest BCUT2D eigenvalue weighted by Crippen LogP contribution is 2.27. The number of carbonyl (C=O) groups excluding carboxylic acids is 1. The van der Waals surface area contributed by atoms with Gasteiger partial charge in [0.1, 0.15) is 5.75 Å². The lowest BCUT2D eigenvalue weighted by molar-refractivity contribution is -0.128. The van der Waals surface area contributed by atoms with E-state index in [-0.39, 0.29) is 12.5 Å². The highest BCUT2D eigenvalue weighted by molar-refractivity contribution is 6.33. The van der Waals surface area contributed by atoms with Gasteiger partial charge in [-0.25, -0.2) is 0 Å². The first-order valence-corrected chi connectivity index (χ1v) is 10.7. The van der Waals surface area contributed by atoms with Crippen LogP contribution in [0.3, 0.4) is 0 Å². The van der Waals surface area contributed by atoms with Crippen LogP contribution < -0.4 is 10.1 Å². The summed E-state index contributed by atoms with van der Waals surface area (Å²) >= 11 is 6.17. The molecule has 1 amide bonds. The molecular weight excluding hydrogens is 402 g/mol. The van der Waals surface area contributed by atoms with Crippen LogP contribution in [0.15, 0.2) is 47.0 Å². The minimum Gasteiger partial charge on any atom is -0.481 e. The number of ether oxygens (including phenoxy) is 1. The van der Waals surface area contributed by atoms with Crippen LogP contribution in [-0.2, 0) is 24.2 Å². The number of amides is 1. The molecule has 0 saturated carbocycles. The number of hydrogen-bond donors (Lipinski definition) is 1. The molecule has 1 aliphatic rings. The number of nitrogens with zero attached hydrogens (tertiary/aromatic N) is 2. The molecule has 1 unspecified atom stereocenters. The first kappa shape index (κ1) is 20.4. The summed E-state index contributed by atoms with van der Waals surface area (Å²) in [7, 11) is 0. The van der Waals surface area contributed by atoms with Gasteiger partial charge in [0.15, 0.2) is 6.10 Å². The third-order valence-electron chi connectivity index (χ3n) is 5.26. The molecule has 1 aliphatic carbocycles. The molecule has 1 N–H and O–H groups in total. The van der Waals surface area contributed by atoms with Crippen molar-refractivity contribution in [1.82, 2.24) is 15.5 Å². The summed E-state index contributed by atoms with van der Waals surface area (Å²) in [6.45, 7) is 2.05. The molecule has 0 aliphatic heterocycles. The molecule has 0 bridgehead atoms. The minimum absolute atomic E-state index is 0.125. The van der Waals surface area contributed by atoms with Gasteiger partial charge >= 0.3 is 0 Å². The van der Waals surface area contributed by atoms with Gasteiger partial charge in [0.2, 0.25) is 11.7 Å². The summed E-state index contributed by atoms with van der Waals surface area (Å²) in [6.07, 6.45) is 4.60. The standard InChI is InChI=1S/C23H24ClN3O3/c1-2-20(29-17-12-11-15-7-3-4-8-16(15)13-17)23(28)25-14-21-26-22(27-30-21)18-9-5-6-10-19(18)24/h5-6,9-13,20H,2-4,7-8,14H2,1H3,(H,25,28). The molecule has 1 heterocycles. The predicted octanol–water partition coefficient (Wildman–Crippen LogP) is 4.74. The number of carbonyl (C=O) groups is 1. The Morgan fingerprint density at radius 3 is 2.80 bits per heavy atom. The number of rotatable bonds is 7. The number of nitrogens with one attached hydrogen (secondary N) is 1. The van der Waals surface area contributed by atoms with Gasteiger partial charge < -0.3 is 14.6 Å². The van der Waals surface area contributed by atoms with Crippen LogP contribution in [0, 0.1) is 0 Å². The SMILES string of the molecule is CCC(Oc1ccc2c(c1)CCCC2)C(=O)NCc1nc(-c2ccccc2Cl)no1. The fraction of sp³-hybridized carbons (Fsp3) is 0.348. The number of hydrogen-bond acceptors (Lipinski definition) is 5. The molecule has 6 nitrogen and oxygen atoms in total. The Morgan fingerprint density at radius 1 is 1.20 bits per heavy atom. The lowest BCUT2D eigenvalue weighted by Gasteiger charge is -2.20. The monoisotopic (exact) mass is 425 g/mol.